The Bertz CT molecular complexity index is 514. The van der Waals surface area contributed by atoms with E-state index in [2.05, 4.69) is 0 Å². The summed E-state index contributed by atoms with van der Waals surface area (Å²) in [4.78, 5) is 23.9. The lowest BCUT2D eigenvalue weighted by atomic mass is 10.0. The Balaban J connectivity index is 3.28. The second-order valence-corrected chi connectivity index (χ2v) is 4.39. The molecule has 0 saturated heterocycles. The lowest BCUT2D eigenvalue weighted by Gasteiger charge is -2.11. The van der Waals surface area contributed by atoms with Crippen LogP contribution < -0.4 is 0 Å². The number of hydrogen-bond donors (Lipinski definition) is 0. The van der Waals surface area contributed by atoms with E-state index < -0.39 is 11.9 Å². The monoisotopic (exact) mass is 296 g/mol. The normalized spacial score (nSPS) is 9.80. The number of halogens is 1. The summed E-state index contributed by atoms with van der Waals surface area (Å²) in [6.45, 7) is 5.38. The van der Waals surface area contributed by atoms with Gasteiger partial charge in [0.05, 0.1) is 13.2 Å². The zero-order valence-electron chi connectivity index (χ0n) is 11.7. The van der Waals surface area contributed by atoms with Crippen molar-refractivity contribution in [1.29, 1.82) is 0 Å². The number of carbonyl (C=O) groups excluding carboxylic acids is 2. The van der Waals surface area contributed by atoms with Gasteiger partial charge in [-0.3, -0.25) is 0 Å². The number of benzene rings is 1. The topological polar surface area (TPSA) is 52.6 Å². The lowest BCUT2D eigenvalue weighted by molar-refractivity contribution is -0.146. The van der Waals surface area contributed by atoms with Crippen LogP contribution in [0, 0.1) is 0 Å². The number of esters is 2. The van der Waals surface area contributed by atoms with Crippen molar-refractivity contribution >= 4 is 29.1 Å². The van der Waals surface area contributed by atoms with Gasteiger partial charge in [-0.25, -0.2) is 9.59 Å². The molecule has 0 fully saturated rings. The van der Waals surface area contributed by atoms with E-state index in [1.54, 1.807) is 45.0 Å². The van der Waals surface area contributed by atoms with E-state index in [0.29, 0.717) is 16.2 Å². The molecule has 1 rings (SSSR count). The smallest absolute Gasteiger partial charge is 0.345 e. The van der Waals surface area contributed by atoms with Gasteiger partial charge in [0, 0.05) is 5.02 Å². The molecule has 1 aromatic rings. The van der Waals surface area contributed by atoms with E-state index in [9.17, 15) is 9.59 Å². The summed E-state index contributed by atoms with van der Waals surface area (Å²) in [6, 6.07) is 6.90. The molecule has 0 bridgehead atoms. The van der Waals surface area contributed by atoms with Crippen molar-refractivity contribution in [1.82, 2.24) is 0 Å². The van der Waals surface area contributed by atoms with Crippen LogP contribution in [0.4, 0.5) is 0 Å². The fraction of sp³-hybridized carbons (Fsp3) is 0.333. The molecule has 0 atom stereocenters. The SMILES string of the molecule is CCOC(=O)C(C(=O)OCC)=C(C)c1cccc(Cl)c1. The predicted octanol–water partition coefficient (Wildman–Crippen LogP) is 3.24. The molecule has 0 heterocycles. The van der Waals surface area contributed by atoms with Crippen LogP contribution in [0.5, 0.6) is 0 Å². The van der Waals surface area contributed by atoms with Crippen molar-refractivity contribution in [3.8, 4) is 0 Å². The number of carbonyl (C=O) groups is 2. The van der Waals surface area contributed by atoms with Crippen molar-refractivity contribution < 1.29 is 19.1 Å². The first-order valence-electron chi connectivity index (χ1n) is 6.32. The van der Waals surface area contributed by atoms with Crippen molar-refractivity contribution in [3.63, 3.8) is 0 Å². The van der Waals surface area contributed by atoms with E-state index in [4.69, 9.17) is 21.1 Å². The summed E-state index contributed by atoms with van der Waals surface area (Å²) in [7, 11) is 0. The van der Waals surface area contributed by atoms with Crippen LogP contribution in [0.15, 0.2) is 29.8 Å². The molecule has 4 nitrogen and oxygen atoms in total. The molecular weight excluding hydrogens is 280 g/mol. The first-order chi connectivity index (χ1) is 9.51. The van der Waals surface area contributed by atoms with Crippen LogP contribution in [0.3, 0.4) is 0 Å². The fourth-order valence-corrected chi connectivity index (χ4v) is 1.85. The van der Waals surface area contributed by atoms with Gasteiger partial charge in [-0.05, 0) is 44.0 Å². The molecule has 0 spiro atoms. The quantitative estimate of drug-likeness (QED) is 0.362. The number of ether oxygens (including phenoxy) is 2. The molecule has 0 radical (unpaired) electrons. The van der Waals surface area contributed by atoms with Crippen LogP contribution in [0.1, 0.15) is 26.3 Å². The summed E-state index contributed by atoms with van der Waals surface area (Å²) < 4.78 is 9.83. The van der Waals surface area contributed by atoms with Crippen molar-refractivity contribution in [2.75, 3.05) is 13.2 Å². The Kier molecular flexibility index (Phi) is 6.25. The molecule has 0 saturated carbocycles. The molecule has 5 heteroatoms. The van der Waals surface area contributed by atoms with Crippen molar-refractivity contribution in [2.45, 2.75) is 20.8 Å². The lowest BCUT2D eigenvalue weighted by Crippen LogP contribution is -2.19. The van der Waals surface area contributed by atoms with Crippen molar-refractivity contribution in [3.05, 3.63) is 40.4 Å². The molecule has 0 aromatic heterocycles. The highest BCUT2D eigenvalue weighted by Crippen LogP contribution is 2.23. The third-order valence-electron chi connectivity index (χ3n) is 2.59. The first-order valence-corrected chi connectivity index (χ1v) is 6.70. The molecule has 0 aliphatic rings. The molecule has 0 aliphatic heterocycles. The first kappa shape index (κ1) is 16.2. The Hall–Kier alpha value is -1.81. The highest BCUT2D eigenvalue weighted by Gasteiger charge is 2.24. The zero-order chi connectivity index (χ0) is 15.1. The third kappa shape index (κ3) is 4.10. The summed E-state index contributed by atoms with van der Waals surface area (Å²) in [6.07, 6.45) is 0. The minimum Gasteiger partial charge on any atom is -0.462 e. The molecule has 0 unspecified atom stereocenters. The van der Waals surface area contributed by atoms with Gasteiger partial charge in [0.2, 0.25) is 0 Å². The fourth-order valence-electron chi connectivity index (χ4n) is 1.66. The molecule has 1 aromatic carbocycles. The van der Waals surface area contributed by atoms with Gasteiger partial charge in [0.1, 0.15) is 5.57 Å². The predicted molar refractivity (Wildman–Crippen MR) is 77.3 cm³/mol. The van der Waals surface area contributed by atoms with Gasteiger partial charge >= 0.3 is 11.9 Å². The summed E-state index contributed by atoms with van der Waals surface area (Å²) >= 11 is 5.92. The average molecular weight is 297 g/mol. The highest BCUT2D eigenvalue weighted by atomic mass is 35.5. The van der Waals surface area contributed by atoms with E-state index in [-0.39, 0.29) is 18.8 Å². The number of allylic oxidation sites excluding steroid dienone is 1. The van der Waals surface area contributed by atoms with Crippen LogP contribution in [-0.2, 0) is 19.1 Å². The minimum atomic E-state index is -0.691. The average Bonchev–Trinajstić information content (AvgIpc) is 2.39. The van der Waals surface area contributed by atoms with Crippen LogP contribution in [0.2, 0.25) is 5.02 Å². The van der Waals surface area contributed by atoms with Gasteiger partial charge < -0.3 is 9.47 Å². The second kappa shape index (κ2) is 7.70. The molecule has 0 amide bonds. The number of rotatable bonds is 5. The van der Waals surface area contributed by atoms with Gasteiger partial charge in [-0.2, -0.15) is 0 Å². The Morgan fingerprint density at radius 3 is 2.10 bits per heavy atom. The molecule has 20 heavy (non-hydrogen) atoms. The van der Waals surface area contributed by atoms with Crippen LogP contribution >= 0.6 is 11.6 Å². The Morgan fingerprint density at radius 2 is 1.65 bits per heavy atom. The van der Waals surface area contributed by atoms with Gasteiger partial charge in [-0.1, -0.05) is 23.7 Å². The van der Waals surface area contributed by atoms with E-state index in [0.717, 1.165) is 0 Å². The van der Waals surface area contributed by atoms with Crippen molar-refractivity contribution in [2.24, 2.45) is 0 Å². The Labute approximate surface area is 123 Å². The minimum absolute atomic E-state index is 0.101. The highest BCUT2D eigenvalue weighted by molar-refractivity contribution is 6.30. The maximum Gasteiger partial charge on any atom is 0.345 e. The summed E-state index contributed by atoms with van der Waals surface area (Å²) in [5, 5.41) is 0.522. The van der Waals surface area contributed by atoms with Gasteiger partial charge in [0.15, 0.2) is 0 Å². The van der Waals surface area contributed by atoms with E-state index in [1.165, 1.54) is 0 Å². The maximum atomic E-state index is 11.9. The molecule has 0 N–H and O–H groups in total. The molecule has 108 valence electrons. The van der Waals surface area contributed by atoms with Crippen LogP contribution in [0.25, 0.3) is 5.57 Å². The van der Waals surface area contributed by atoms with E-state index >= 15 is 0 Å². The Morgan fingerprint density at radius 1 is 1.10 bits per heavy atom. The number of hydrogen-bond acceptors (Lipinski definition) is 4. The molecule has 0 aliphatic carbocycles. The maximum absolute atomic E-state index is 11.9. The van der Waals surface area contributed by atoms with E-state index in [1.807, 2.05) is 0 Å². The summed E-state index contributed by atoms with van der Waals surface area (Å²) in [5.74, 6) is -1.38. The summed E-state index contributed by atoms with van der Waals surface area (Å²) in [5.41, 5.74) is 1.05. The van der Waals surface area contributed by atoms with Crippen LogP contribution in [-0.4, -0.2) is 25.2 Å². The second-order valence-electron chi connectivity index (χ2n) is 3.95. The molecular formula is C15H17ClO4. The van der Waals surface area contributed by atoms with Gasteiger partial charge in [0.25, 0.3) is 0 Å². The largest absolute Gasteiger partial charge is 0.462 e. The van der Waals surface area contributed by atoms with Gasteiger partial charge in [-0.15, -0.1) is 0 Å². The third-order valence-corrected chi connectivity index (χ3v) is 2.83. The standard InChI is InChI=1S/C15H17ClO4/c1-4-19-14(17)13(15(18)20-5-2)10(3)11-7-6-8-12(16)9-11/h6-9H,4-5H2,1-3H3. The zero-order valence-corrected chi connectivity index (χ0v) is 12.5.